The van der Waals surface area contributed by atoms with Crippen LogP contribution in [0.2, 0.25) is 37.8 Å². The summed E-state index contributed by atoms with van der Waals surface area (Å²) in [6.45, 7) is 15.4. The molecule has 0 aromatic carbocycles. The van der Waals surface area contributed by atoms with E-state index in [-0.39, 0.29) is 5.04 Å². The molecule has 0 saturated heterocycles. The van der Waals surface area contributed by atoms with Crippen molar-refractivity contribution in [3.05, 3.63) is 11.5 Å². The summed E-state index contributed by atoms with van der Waals surface area (Å²) in [6, 6.07) is 0. The molecule has 0 bridgehead atoms. The molecule has 6 nitrogen and oxygen atoms in total. The van der Waals surface area contributed by atoms with Crippen LogP contribution < -0.4 is 0 Å². The first-order valence-corrected chi connectivity index (χ1v) is 14.3. The lowest BCUT2D eigenvalue weighted by Crippen LogP contribution is -2.74. The molecule has 1 aliphatic rings. The van der Waals surface area contributed by atoms with E-state index in [9.17, 15) is 25.2 Å². The molecule has 0 aliphatic carbocycles. The van der Waals surface area contributed by atoms with Crippen LogP contribution in [0, 0.1) is 0 Å². The van der Waals surface area contributed by atoms with E-state index >= 15 is 0 Å². The minimum absolute atomic E-state index is 0.232. The van der Waals surface area contributed by atoms with Gasteiger partial charge in [0.2, 0.25) is 5.76 Å². The molecule has 4 N–H and O–H groups in total. The number of cyclic esters (lactones) is 1. The molecule has 0 saturated carbocycles. The molecule has 0 aromatic rings. The maximum absolute atomic E-state index is 11.6. The van der Waals surface area contributed by atoms with Crippen LogP contribution in [0.5, 0.6) is 0 Å². The Kier molecular flexibility index (Phi) is 4.93. The molecule has 0 aromatic heterocycles. The Morgan fingerprint density at radius 3 is 1.78 bits per heavy atom. The Morgan fingerprint density at radius 1 is 1.09 bits per heavy atom. The first-order chi connectivity index (χ1) is 9.99. The summed E-state index contributed by atoms with van der Waals surface area (Å²) in [7, 11) is -5.03. The molecule has 8 heteroatoms. The molecule has 134 valence electrons. The molecule has 0 fully saturated rings. The number of carbonyl (C=O) groups excluding carboxylic acids is 1. The van der Waals surface area contributed by atoms with Gasteiger partial charge in [0, 0.05) is 0 Å². The molecular formula is C15H30O6Si2. The number of hydrogen-bond donors (Lipinski definition) is 4. The van der Waals surface area contributed by atoms with Gasteiger partial charge in [0.25, 0.3) is 0 Å². The lowest BCUT2D eigenvalue weighted by molar-refractivity contribution is -0.153. The van der Waals surface area contributed by atoms with Crippen LogP contribution in [0.1, 0.15) is 20.8 Å². The third kappa shape index (κ3) is 2.97. The summed E-state index contributed by atoms with van der Waals surface area (Å²) >= 11 is 0. The molecule has 1 rings (SSSR count). The number of esters is 1. The van der Waals surface area contributed by atoms with Gasteiger partial charge in [0.05, 0.1) is 21.9 Å². The summed E-state index contributed by atoms with van der Waals surface area (Å²) in [6.07, 6.45) is -1.44. The number of hydrogen-bond acceptors (Lipinski definition) is 6. The van der Waals surface area contributed by atoms with Gasteiger partial charge < -0.3 is 25.2 Å². The van der Waals surface area contributed by atoms with Crippen molar-refractivity contribution in [1.29, 1.82) is 0 Å². The molecule has 1 unspecified atom stereocenters. The highest BCUT2D eigenvalue weighted by molar-refractivity contribution is 6.86. The summed E-state index contributed by atoms with van der Waals surface area (Å²) in [5, 5.41) is 40.3. The van der Waals surface area contributed by atoms with Crippen molar-refractivity contribution >= 4 is 22.1 Å². The SMILES string of the molecule is CC(C)(C)[Si](C)(C)C(O)[C@](O)([C@H]1OC(=O)C(O)=C1O)[Si](C)(C)C. The van der Waals surface area contributed by atoms with Gasteiger partial charge >= 0.3 is 5.97 Å². The Balaban J connectivity index is 3.51. The van der Waals surface area contributed by atoms with Crippen molar-refractivity contribution in [2.24, 2.45) is 0 Å². The number of ether oxygens (including phenoxy) is 1. The smallest absolute Gasteiger partial charge is 0.377 e. The summed E-state index contributed by atoms with van der Waals surface area (Å²) in [5.41, 5.74) is -1.15. The lowest BCUT2D eigenvalue weighted by Gasteiger charge is -2.53. The molecule has 23 heavy (non-hydrogen) atoms. The minimum atomic E-state index is -2.57. The number of carbonyl (C=O) groups is 1. The Labute approximate surface area is 139 Å². The highest BCUT2D eigenvalue weighted by Gasteiger charge is 2.64. The first-order valence-electron chi connectivity index (χ1n) is 7.73. The van der Waals surface area contributed by atoms with Crippen molar-refractivity contribution in [3.63, 3.8) is 0 Å². The largest absolute Gasteiger partial charge is 0.505 e. The molecular weight excluding hydrogens is 332 g/mol. The fourth-order valence-electron chi connectivity index (χ4n) is 2.65. The molecule has 3 atom stereocenters. The summed E-state index contributed by atoms with van der Waals surface area (Å²) in [5.74, 6) is -2.67. The zero-order valence-corrected chi connectivity index (χ0v) is 17.3. The van der Waals surface area contributed by atoms with Gasteiger partial charge in [0.15, 0.2) is 11.9 Å². The normalized spacial score (nSPS) is 24.4. The number of aliphatic hydroxyl groups is 4. The van der Waals surface area contributed by atoms with E-state index in [1.54, 1.807) is 0 Å². The van der Waals surface area contributed by atoms with E-state index in [0.717, 1.165) is 0 Å². The maximum Gasteiger partial charge on any atom is 0.377 e. The van der Waals surface area contributed by atoms with Crippen molar-refractivity contribution in [2.75, 3.05) is 0 Å². The van der Waals surface area contributed by atoms with E-state index in [1.165, 1.54) is 0 Å². The van der Waals surface area contributed by atoms with Crippen LogP contribution in [0.25, 0.3) is 0 Å². The second-order valence-corrected chi connectivity index (χ2v) is 19.8. The van der Waals surface area contributed by atoms with Gasteiger partial charge in [-0.1, -0.05) is 53.5 Å². The Hall–Kier alpha value is -0.836. The van der Waals surface area contributed by atoms with Crippen LogP contribution in [-0.4, -0.2) is 59.6 Å². The van der Waals surface area contributed by atoms with Crippen molar-refractivity contribution < 1.29 is 30.0 Å². The van der Waals surface area contributed by atoms with E-state index in [4.69, 9.17) is 4.74 Å². The number of rotatable bonds is 4. The number of aliphatic hydroxyl groups excluding tert-OH is 3. The van der Waals surface area contributed by atoms with Crippen LogP contribution in [-0.2, 0) is 9.53 Å². The van der Waals surface area contributed by atoms with E-state index in [2.05, 4.69) is 0 Å². The van der Waals surface area contributed by atoms with Gasteiger partial charge in [-0.05, 0) is 5.04 Å². The highest BCUT2D eigenvalue weighted by atomic mass is 28.3. The molecule has 0 radical (unpaired) electrons. The van der Waals surface area contributed by atoms with Gasteiger partial charge in [-0.3, -0.25) is 0 Å². The fraction of sp³-hybridized carbons (Fsp3) is 0.800. The first kappa shape index (κ1) is 20.2. The highest BCUT2D eigenvalue weighted by Crippen LogP contribution is 2.46. The quantitative estimate of drug-likeness (QED) is 0.451. The van der Waals surface area contributed by atoms with Gasteiger partial charge in [-0.2, -0.15) is 0 Å². The van der Waals surface area contributed by atoms with E-state index in [0.29, 0.717) is 0 Å². The molecule has 1 aliphatic heterocycles. The standard InChI is InChI=1S/C15H30O6Si2/c1-14(2,3)23(7,8)13(19)15(20,22(4,5)6)11-9(16)10(17)12(18)21-11/h11,13,16-17,19-20H,1-8H3/t11-,13?,15-/m0/s1. The fourth-order valence-corrected chi connectivity index (χ4v) is 8.91. The Bertz CT molecular complexity index is 529. The van der Waals surface area contributed by atoms with Crippen LogP contribution >= 0.6 is 0 Å². The van der Waals surface area contributed by atoms with Gasteiger partial charge in [-0.25, -0.2) is 4.79 Å². The molecule has 0 spiro atoms. The second-order valence-electron chi connectivity index (χ2n) is 8.97. The lowest BCUT2D eigenvalue weighted by atomic mass is 10.1. The maximum atomic E-state index is 11.6. The van der Waals surface area contributed by atoms with Crippen molar-refractivity contribution in [3.8, 4) is 0 Å². The van der Waals surface area contributed by atoms with Crippen molar-refractivity contribution in [1.82, 2.24) is 0 Å². The average molecular weight is 363 g/mol. The van der Waals surface area contributed by atoms with Crippen molar-refractivity contribution in [2.45, 2.75) is 75.6 Å². The summed E-state index contributed by atoms with van der Waals surface area (Å²) < 4.78 is 5.04. The minimum Gasteiger partial charge on any atom is -0.505 e. The van der Waals surface area contributed by atoms with E-state index < -0.39 is 50.7 Å². The molecule has 1 heterocycles. The predicted octanol–water partition coefficient (Wildman–Crippen LogP) is 2.26. The van der Waals surface area contributed by atoms with Crippen LogP contribution in [0.15, 0.2) is 11.5 Å². The van der Waals surface area contributed by atoms with Gasteiger partial charge in [-0.15, -0.1) is 0 Å². The van der Waals surface area contributed by atoms with Crippen LogP contribution in [0.3, 0.4) is 0 Å². The van der Waals surface area contributed by atoms with E-state index in [1.807, 2.05) is 53.5 Å². The zero-order chi connectivity index (χ0) is 18.6. The third-order valence-corrected chi connectivity index (χ3v) is 14.4. The second kappa shape index (κ2) is 5.61. The Morgan fingerprint density at radius 2 is 1.52 bits per heavy atom. The average Bonchev–Trinajstić information content (AvgIpc) is 2.62. The zero-order valence-electron chi connectivity index (χ0n) is 15.3. The monoisotopic (exact) mass is 362 g/mol. The van der Waals surface area contributed by atoms with Crippen LogP contribution in [0.4, 0.5) is 0 Å². The molecule has 0 amide bonds. The summed E-state index contributed by atoms with van der Waals surface area (Å²) in [4.78, 5) is 11.6. The predicted molar refractivity (Wildman–Crippen MR) is 93.7 cm³/mol. The topological polar surface area (TPSA) is 107 Å². The third-order valence-electron chi connectivity index (χ3n) is 5.54. The van der Waals surface area contributed by atoms with Gasteiger partial charge in [0.1, 0.15) is 5.22 Å².